The van der Waals surface area contributed by atoms with Crippen LogP contribution in [0.5, 0.6) is 0 Å². The van der Waals surface area contributed by atoms with E-state index in [1.54, 1.807) is 11.6 Å². The van der Waals surface area contributed by atoms with E-state index >= 15 is 0 Å². The molecule has 0 aliphatic heterocycles. The largest absolute Gasteiger partial charge is 0.436 e. The first-order chi connectivity index (χ1) is 13.1. The first kappa shape index (κ1) is 20.8. The highest BCUT2D eigenvalue weighted by Gasteiger charge is 2.37. The summed E-state index contributed by atoms with van der Waals surface area (Å²) in [6, 6.07) is 0. The molecule has 0 atom stereocenters. The Kier molecular flexibility index (Phi) is 5.85. The molecular formula is C16H17BrClF3N6O. The third kappa shape index (κ3) is 4.24. The lowest BCUT2D eigenvalue weighted by Crippen LogP contribution is -2.10. The van der Waals surface area contributed by atoms with E-state index in [9.17, 15) is 13.2 Å². The van der Waals surface area contributed by atoms with E-state index in [1.807, 2.05) is 13.8 Å². The van der Waals surface area contributed by atoms with Crippen molar-refractivity contribution in [2.45, 2.75) is 52.9 Å². The van der Waals surface area contributed by atoms with Crippen molar-refractivity contribution in [2.75, 3.05) is 0 Å². The second-order valence-corrected chi connectivity index (χ2v) is 7.44. The number of halogens is 5. The Labute approximate surface area is 172 Å². The maximum absolute atomic E-state index is 12.9. The number of nitrogens with zero attached hydrogens (tertiary/aromatic N) is 6. The van der Waals surface area contributed by atoms with E-state index < -0.39 is 11.9 Å². The number of rotatable bonds is 6. The van der Waals surface area contributed by atoms with Gasteiger partial charge in [0.25, 0.3) is 0 Å². The smallest absolute Gasteiger partial charge is 0.425 e. The topological polar surface area (TPSA) is 74.6 Å². The van der Waals surface area contributed by atoms with Crippen molar-refractivity contribution in [2.24, 2.45) is 0 Å². The number of hydrogen-bond donors (Lipinski definition) is 0. The van der Waals surface area contributed by atoms with Gasteiger partial charge in [-0.25, -0.2) is 0 Å². The Morgan fingerprint density at radius 1 is 0.964 bits per heavy atom. The molecule has 0 radical (unpaired) electrons. The molecule has 0 aliphatic rings. The number of aryl methyl sites for hydroxylation is 5. The maximum atomic E-state index is 12.9. The fourth-order valence-corrected chi connectivity index (χ4v) is 3.35. The minimum atomic E-state index is -4.52. The summed E-state index contributed by atoms with van der Waals surface area (Å²) in [4.78, 5) is 0. The zero-order valence-electron chi connectivity index (χ0n) is 15.3. The van der Waals surface area contributed by atoms with Crippen LogP contribution in [0.1, 0.15) is 34.6 Å². The molecule has 7 nitrogen and oxygen atoms in total. The predicted molar refractivity (Wildman–Crippen MR) is 98.1 cm³/mol. The quantitative estimate of drug-likeness (QED) is 0.525. The lowest BCUT2D eigenvalue weighted by atomic mass is 10.3. The van der Waals surface area contributed by atoms with Crippen LogP contribution in [0.4, 0.5) is 13.2 Å². The van der Waals surface area contributed by atoms with Gasteiger partial charge in [0.1, 0.15) is 0 Å². The van der Waals surface area contributed by atoms with Gasteiger partial charge in [0.05, 0.1) is 26.6 Å². The molecule has 0 N–H and O–H groups in total. The summed E-state index contributed by atoms with van der Waals surface area (Å²) in [5.74, 6) is 0.758. The molecule has 0 aliphatic carbocycles. The van der Waals surface area contributed by atoms with E-state index in [-0.39, 0.29) is 17.4 Å². The molecule has 0 aromatic carbocycles. The second kappa shape index (κ2) is 7.86. The molecule has 0 fully saturated rings. The lowest BCUT2D eigenvalue weighted by molar-refractivity contribution is -0.142. The van der Waals surface area contributed by atoms with Crippen molar-refractivity contribution in [3.05, 3.63) is 44.1 Å². The molecule has 0 bridgehead atoms. The first-order valence-electron chi connectivity index (χ1n) is 8.38. The summed E-state index contributed by atoms with van der Waals surface area (Å²) in [5, 5.41) is 16.5. The zero-order valence-corrected chi connectivity index (χ0v) is 17.7. The molecule has 3 heterocycles. The van der Waals surface area contributed by atoms with E-state index in [0.29, 0.717) is 35.5 Å². The van der Waals surface area contributed by atoms with Crippen LogP contribution in [0, 0.1) is 20.8 Å². The third-order valence-corrected chi connectivity index (χ3v) is 5.78. The van der Waals surface area contributed by atoms with Crippen molar-refractivity contribution in [3.63, 3.8) is 0 Å². The van der Waals surface area contributed by atoms with Gasteiger partial charge in [-0.1, -0.05) is 11.6 Å². The number of alkyl halides is 3. The summed E-state index contributed by atoms with van der Waals surface area (Å²) >= 11 is 9.07. The van der Waals surface area contributed by atoms with Gasteiger partial charge in [-0.15, -0.1) is 10.2 Å². The van der Waals surface area contributed by atoms with Gasteiger partial charge in [-0.3, -0.25) is 9.36 Å². The fourth-order valence-electron chi connectivity index (χ4n) is 2.71. The predicted octanol–water partition coefficient (Wildman–Crippen LogP) is 4.31. The van der Waals surface area contributed by atoms with Crippen LogP contribution in [0.15, 0.2) is 8.89 Å². The first-order valence-corrected chi connectivity index (χ1v) is 9.56. The van der Waals surface area contributed by atoms with Gasteiger partial charge < -0.3 is 4.42 Å². The highest BCUT2D eigenvalue weighted by molar-refractivity contribution is 9.10. The summed E-state index contributed by atoms with van der Waals surface area (Å²) in [6.07, 6.45) is -3.78. The molecule has 3 aromatic rings. The van der Waals surface area contributed by atoms with Gasteiger partial charge in [-0.05, 0) is 36.7 Å². The van der Waals surface area contributed by atoms with E-state index in [4.69, 9.17) is 16.0 Å². The maximum Gasteiger partial charge on any atom is 0.436 e. The highest BCUT2D eigenvalue weighted by Crippen LogP contribution is 2.35. The van der Waals surface area contributed by atoms with Gasteiger partial charge in [0.15, 0.2) is 5.69 Å². The summed E-state index contributed by atoms with van der Waals surface area (Å²) < 4.78 is 47.3. The van der Waals surface area contributed by atoms with Crippen LogP contribution in [0.3, 0.4) is 0 Å². The second-order valence-electron chi connectivity index (χ2n) is 6.27. The summed E-state index contributed by atoms with van der Waals surface area (Å²) in [7, 11) is 0. The summed E-state index contributed by atoms with van der Waals surface area (Å²) in [5.41, 5.74) is 1.05. The number of aromatic nitrogens is 6. The molecule has 28 heavy (non-hydrogen) atoms. The molecule has 152 valence electrons. The van der Waals surface area contributed by atoms with E-state index in [2.05, 4.69) is 36.3 Å². The average Bonchev–Trinajstić information content (AvgIpc) is 3.26. The molecule has 0 spiro atoms. The summed E-state index contributed by atoms with van der Waals surface area (Å²) in [6.45, 7) is 5.99. The van der Waals surface area contributed by atoms with Crippen molar-refractivity contribution in [3.8, 4) is 0 Å². The minimum Gasteiger partial charge on any atom is -0.425 e. The Morgan fingerprint density at radius 3 is 1.93 bits per heavy atom. The lowest BCUT2D eigenvalue weighted by Gasteiger charge is -2.02. The minimum absolute atomic E-state index is 0.0604. The van der Waals surface area contributed by atoms with E-state index in [0.717, 1.165) is 11.4 Å². The van der Waals surface area contributed by atoms with Crippen LogP contribution < -0.4 is 0 Å². The zero-order chi connectivity index (χ0) is 20.6. The van der Waals surface area contributed by atoms with Gasteiger partial charge in [-0.2, -0.15) is 23.4 Å². The van der Waals surface area contributed by atoms with Crippen molar-refractivity contribution >= 4 is 27.5 Å². The molecule has 0 saturated heterocycles. The molecule has 0 unspecified atom stereocenters. The van der Waals surface area contributed by atoms with Crippen LogP contribution in [-0.4, -0.2) is 29.8 Å². The van der Waals surface area contributed by atoms with Gasteiger partial charge in [0.2, 0.25) is 11.8 Å². The van der Waals surface area contributed by atoms with Gasteiger partial charge in [0, 0.05) is 25.9 Å². The van der Waals surface area contributed by atoms with Gasteiger partial charge >= 0.3 is 6.18 Å². The van der Waals surface area contributed by atoms with Crippen LogP contribution in [-0.2, 0) is 32.1 Å². The Hall–Kier alpha value is -1.88. The normalized spacial score (nSPS) is 12.1. The SMILES string of the molecule is Cc1nn(CCc2nnc(CCn3nc(C(F)(F)F)c(Br)c3C)o2)c(C)c1Cl. The standard InChI is InChI=1S/C16H17BrClF3N6O/c1-8-14(18)10(3)27(24-8)7-5-12-23-22-11(28-12)4-6-26-9(2)13(17)15(25-26)16(19,20)21/h4-7H2,1-3H3. The number of hydrogen-bond acceptors (Lipinski definition) is 5. The molecular weight excluding hydrogens is 465 g/mol. The van der Waals surface area contributed by atoms with Crippen LogP contribution >= 0.6 is 27.5 Å². The Morgan fingerprint density at radius 2 is 1.50 bits per heavy atom. The van der Waals surface area contributed by atoms with Crippen molar-refractivity contribution in [1.82, 2.24) is 29.8 Å². The van der Waals surface area contributed by atoms with E-state index in [1.165, 1.54) is 4.68 Å². The van der Waals surface area contributed by atoms with Crippen molar-refractivity contribution < 1.29 is 17.6 Å². The molecule has 12 heteroatoms. The molecule has 3 rings (SSSR count). The molecule has 3 aromatic heterocycles. The molecule has 0 saturated carbocycles. The van der Waals surface area contributed by atoms with Crippen LogP contribution in [0.25, 0.3) is 0 Å². The third-order valence-electron chi connectivity index (χ3n) is 4.28. The molecule has 0 amide bonds. The fraction of sp³-hybridized carbons (Fsp3) is 0.500. The monoisotopic (exact) mass is 480 g/mol. The Balaban J connectivity index is 1.62. The van der Waals surface area contributed by atoms with Crippen molar-refractivity contribution in [1.29, 1.82) is 0 Å². The Bertz CT molecular complexity index is 994. The van der Waals surface area contributed by atoms with Crippen LogP contribution in [0.2, 0.25) is 5.02 Å². The highest BCUT2D eigenvalue weighted by atomic mass is 79.9. The average molecular weight is 482 g/mol.